The van der Waals surface area contributed by atoms with Crippen molar-refractivity contribution >= 4 is 12.1 Å². The zero-order valence-electron chi connectivity index (χ0n) is 5.93. The summed E-state index contributed by atoms with van der Waals surface area (Å²) in [6, 6.07) is 0. The van der Waals surface area contributed by atoms with Gasteiger partial charge in [-0.25, -0.2) is 0 Å². The summed E-state index contributed by atoms with van der Waals surface area (Å²) >= 11 is 0. The van der Waals surface area contributed by atoms with Crippen molar-refractivity contribution in [3.8, 4) is 0 Å². The molecule has 1 rings (SSSR count). The third-order valence-corrected chi connectivity index (χ3v) is 2.08. The van der Waals surface area contributed by atoms with E-state index in [0.717, 1.165) is 25.7 Å². The van der Waals surface area contributed by atoms with Crippen molar-refractivity contribution in [2.24, 2.45) is 5.92 Å². The average molecular weight is 139 g/mol. The maximum Gasteiger partial charge on any atom is 0.272 e. The highest BCUT2D eigenvalue weighted by Crippen LogP contribution is 2.23. The second-order valence-corrected chi connectivity index (χ2v) is 2.80. The fourth-order valence-electron chi connectivity index (χ4n) is 1.45. The predicted molar refractivity (Wildman–Crippen MR) is 37.3 cm³/mol. The quantitative estimate of drug-likeness (QED) is 0.539. The number of rotatable bonds is 2. The van der Waals surface area contributed by atoms with E-state index >= 15 is 0 Å². The van der Waals surface area contributed by atoms with Crippen molar-refractivity contribution in [1.82, 2.24) is 0 Å². The lowest BCUT2D eigenvalue weighted by Crippen LogP contribution is -2.18. The molecule has 2 heteroatoms. The Morgan fingerprint density at radius 2 is 1.80 bits per heavy atom. The number of hydrogen-bond acceptors (Lipinski definition) is 2. The fourth-order valence-corrected chi connectivity index (χ4v) is 1.45. The molecule has 0 unspecified atom stereocenters. The predicted octanol–water partition coefficient (Wildman–Crippen LogP) is 1.25. The molecule has 0 N–H and O–H groups in total. The Hall–Kier alpha value is -0.660. The van der Waals surface area contributed by atoms with Gasteiger partial charge in [-0.2, -0.15) is 0 Å². The third-order valence-electron chi connectivity index (χ3n) is 2.08. The van der Waals surface area contributed by atoms with Crippen LogP contribution in [0.5, 0.6) is 0 Å². The van der Waals surface area contributed by atoms with Crippen LogP contribution in [0.2, 0.25) is 0 Å². The monoisotopic (exact) mass is 139 g/mol. The lowest BCUT2D eigenvalue weighted by molar-refractivity contribution is -0.117. The normalized spacial score (nSPS) is 20.4. The zero-order chi connectivity index (χ0) is 7.40. The topological polar surface area (TPSA) is 34.1 Å². The van der Waals surface area contributed by atoms with Gasteiger partial charge in [0.2, 0.25) is 5.78 Å². The molecule has 0 atom stereocenters. The average Bonchev–Trinajstić information content (AvgIpc) is 2.05. The molecule has 1 aliphatic carbocycles. The van der Waals surface area contributed by atoms with E-state index in [1.165, 1.54) is 12.7 Å². The van der Waals surface area contributed by atoms with Crippen molar-refractivity contribution in [2.45, 2.75) is 32.1 Å². The van der Waals surface area contributed by atoms with Gasteiger partial charge < -0.3 is 0 Å². The van der Waals surface area contributed by atoms with Gasteiger partial charge in [0.05, 0.1) is 0 Å². The van der Waals surface area contributed by atoms with Crippen molar-refractivity contribution in [2.75, 3.05) is 0 Å². The van der Waals surface area contributed by atoms with Crippen LogP contribution in [0.3, 0.4) is 0 Å². The summed E-state index contributed by atoms with van der Waals surface area (Å²) in [4.78, 5) is 20.7. The van der Waals surface area contributed by atoms with Crippen LogP contribution in [0.1, 0.15) is 32.1 Å². The van der Waals surface area contributed by atoms with Crippen molar-refractivity contribution in [3.63, 3.8) is 0 Å². The van der Waals surface area contributed by atoms with E-state index in [1.807, 2.05) is 0 Å². The summed E-state index contributed by atoms with van der Waals surface area (Å²) in [6.45, 7) is 0. The van der Waals surface area contributed by atoms with Crippen LogP contribution in [0.4, 0.5) is 0 Å². The van der Waals surface area contributed by atoms with E-state index in [-0.39, 0.29) is 11.7 Å². The first-order valence-corrected chi connectivity index (χ1v) is 3.76. The second kappa shape index (κ2) is 3.49. The zero-order valence-corrected chi connectivity index (χ0v) is 5.93. The largest absolute Gasteiger partial charge is 0.290 e. The molecule has 0 aliphatic heterocycles. The molecule has 10 heavy (non-hydrogen) atoms. The number of carbonyl (C=O) groups is 1. The van der Waals surface area contributed by atoms with Crippen LogP contribution in [0, 0.1) is 5.92 Å². The smallest absolute Gasteiger partial charge is 0.272 e. The Balaban J connectivity index is 2.38. The molecule has 1 radical (unpaired) electrons. The molecule has 0 heterocycles. The lowest BCUT2D eigenvalue weighted by Gasteiger charge is -2.16. The molecule has 0 aromatic heterocycles. The van der Waals surface area contributed by atoms with Gasteiger partial charge in [-0.05, 0) is 12.8 Å². The van der Waals surface area contributed by atoms with Crippen LogP contribution in [0.25, 0.3) is 0 Å². The molecular formula is C8H11O2. The highest BCUT2D eigenvalue weighted by molar-refractivity contribution is 6.26. The standard InChI is InChI=1S/C8H11O2/c9-6-8(10)7-4-2-1-3-5-7/h7H,1-5H2. The molecule has 0 spiro atoms. The summed E-state index contributed by atoms with van der Waals surface area (Å²) in [5.74, 6) is -0.314. The SMILES string of the molecule is O=[C]C(=O)C1CCCCC1. The van der Waals surface area contributed by atoms with Gasteiger partial charge in [-0.3, -0.25) is 9.59 Å². The van der Waals surface area contributed by atoms with Crippen LogP contribution in [0.15, 0.2) is 0 Å². The van der Waals surface area contributed by atoms with E-state index in [2.05, 4.69) is 0 Å². The van der Waals surface area contributed by atoms with Gasteiger partial charge in [-0.1, -0.05) is 19.3 Å². The minimum absolute atomic E-state index is 0.00579. The highest BCUT2D eigenvalue weighted by Gasteiger charge is 2.20. The molecule has 0 aromatic carbocycles. The van der Waals surface area contributed by atoms with Gasteiger partial charge in [0.25, 0.3) is 6.29 Å². The van der Waals surface area contributed by atoms with Gasteiger partial charge in [0.15, 0.2) is 0 Å². The van der Waals surface area contributed by atoms with Gasteiger partial charge in [0.1, 0.15) is 0 Å². The van der Waals surface area contributed by atoms with Crippen LogP contribution in [-0.2, 0) is 9.59 Å². The summed E-state index contributed by atoms with van der Waals surface area (Å²) in [5.41, 5.74) is 0. The van der Waals surface area contributed by atoms with Crippen LogP contribution >= 0.6 is 0 Å². The number of Topliss-reactive ketones (excluding diaryl/α,β-unsaturated/α-hetero) is 1. The molecule has 0 bridgehead atoms. The summed E-state index contributed by atoms with van der Waals surface area (Å²) in [6.07, 6.45) is 6.64. The number of hydrogen-bond donors (Lipinski definition) is 0. The minimum Gasteiger partial charge on any atom is -0.290 e. The molecule has 0 aromatic rings. The Kier molecular flexibility index (Phi) is 2.60. The van der Waals surface area contributed by atoms with E-state index in [9.17, 15) is 9.59 Å². The second-order valence-electron chi connectivity index (χ2n) is 2.80. The fraction of sp³-hybridized carbons (Fsp3) is 0.750. The Morgan fingerprint density at radius 1 is 1.20 bits per heavy atom. The number of ketones is 1. The molecule has 0 amide bonds. The summed E-state index contributed by atoms with van der Waals surface area (Å²) < 4.78 is 0. The maximum atomic E-state index is 10.7. The van der Waals surface area contributed by atoms with Gasteiger partial charge >= 0.3 is 0 Å². The maximum absolute atomic E-state index is 10.7. The molecule has 55 valence electrons. The third kappa shape index (κ3) is 1.66. The Bertz CT molecular complexity index is 134. The number of carbonyl (C=O) groups excluding carboxylic acids is 2. The summed E-state index contributed by atoms with van der Waals surface area (Å²) in [7, 11) is 0. The van der Waals surface area contributed by atoms with Crippen molar-refractivity contribution < 1.29 is 9.59 Å². The van der Waals surface area contributed by atoms with Gasteiger partial charge in [-0.15, -0.1) is 0 Å². The van der Waals surface area contributed by atoms with Gasteiger partial charge in [0, 0.05) is 5.92 Å². The minimum atomic E-state index is -0.320. The highest BCUT2D eigenvalue weighted by atomic mass is 16.2. The van der Waals surface area contributed by atoms with Crippen molar-refractivity contribution in [1.29, 1.82) is 0 Å². The van der Waals surface area contributed by atoms with E-state index in [1.54, 1.807) is 0 Å². The Labute approximate surface area is 60.6 Å². The molecule has 1 fully saturated rings. The first-order valence-electron chi connectivity index (χ1n) is 3.76. The lowest BCUT2D eigenvalue weighted by atomic mass is 9.87. The molecular weight excluding hydrogens is 128 g/mol. The van der Waals surface area contributed by atoms with Crippen LogP contribution in [-0.4, -0.2) is 12.1 Å². The Morgan fingerprint density at radius 3 is 2.30 bits per heavy atom. The van der Waals surface area contributed by atoms with Crippen molar-refractivity contribution in [3.05, 3.63) is 0 Å². The first-order chi connectivity index (χ1) is 4.84. The summed E-state index contributed by atoms with van der Waals surface area (Å²) in [5, 5.41) is 0. The molecule has 1 aliphatic rings. The molecule has 0 saturated heterocycles. The van der Waals surface area contributed by atoms with Crippen LogP contribution < -0.4 is 0 Å². The van der Waals surface area contributed by atoms with E-state index in [0.29, 0.717) is 0 Å². The molecule has 1 saturated carbocycles. The van der Waals surface area contributed by atoms with E-state index in [4.69, 9.17) is 0 Å². The first kappa shape index (κ1) is 7.45. The van der Waals surface area contributed by atoms with E-state index < -0.39 is 0 Å². The molecule has 2 nitrogen and oxygen atoms in total.